The summed E-state index contributed by atoms with van der Waals surface area (Å²) in [6, 6.07) is 51.7. The van der Waals surface area contributed by atoms with Crippen LogP contribution < -0.4 is 61.2 Å². The number of nitrogens with two attached hydrogens (primary N) is 2. The lowest BCUT2D eigenvalue weighted by Crippen LogP contribution is -2.34. The number of ether oxygens (including phenoxy) is 1. The maximum atomic E-state index is 13.6. The van der Waals surface area contributed by atoms with Crippen molar-refractivity contribution in [1.29, 1.82) is 5.26 Å². The third kappa shape index (κ3) is 17.1. The van der Waals surface area contributed by atoms with Gasteiger partial charge < -0.3 is 74.8 Å². The molecule has 137 heavy (non-hydrogen) atoms. The summed E-state index contributed by atoms with van der Waals surface area (Å²) in [5, 5.41) is 60.7. The van der Waals surface area contributed by atoms with Crippen molar-refractivity contribution in [1.82, 2.24) is 56.5 Å². The number of carboxylic acid groups (broad SMARTS) is 4. The minimum Gasteiger partial charge on any atom is -0.496 e. The molecule has 0 unspecified atom stereocenters. The maximum absolute atomic E-state index is 13.6. The summed E-state index contributed by atoms with van der Waals surface area (Å²) in [5.41, 5.74) is 7.47. The summed E-state index contributed by atoms with van der Waals surface area (Å²) >= 11 is 10.4. The largest absolute Gasteiger partial charge is 0.496 e. The molecule has 20 aromatic rings. The fraction of sp³-hybridized carbons (Fsp3) is 0.0745. The molecule has 0 aliphatic rings. The van der Waals surface area contributed by atoms with Crippen LogP contribution >= 0.6 is 65.9 Å². The highest BCUT2D eigenvalue weighted by atomic mass is 79.9. The molecule has 0 saturated heterocycles. The monoisotopic (exact) mass is 2040 g/mol. The van der Waals surface area contributed by atoms with Gasteiger partial charge in [-0.15, -0.1) is 34.0 Å². The summed E-state index contributed by atoms with van der Waals surface area (Å²) in [4.78, 5) is 166. The van der Waals surface area contributed by atoms with Gasteiger partial charge >= 0.3 is 59.0 Å². The van der Waals surface area contributed by atoms with Gasteiger partial charge in [-0.25, -0.2) is 56.6 Å². The molecule has 688 valence electrons. The van der Waals surface area contributed by atoms with Crippen LogP contribution in [0.15, 0.2) is 274 Å². The molecule has 0 fully saturated rings. The molecule has 0 amide bonds. The van der Waals surface area contributed by atoms with Crippen LogP contribution in [0, 0.1) is 11.3 Å². The van der Waals surface area contributed by atoms with E-state index < -0.39 is 115 Å². The predicted octanol–water partition coefficient (Wildman–Crippen LogP) is 16.3. The van der Waals surface area contributed by atoms with Gasteiger partial charge in [0, 0.05) is 99.3 Å². The zero-order valence-corrected chi connectivity index (χ0v) is 75.4. The minimum atomic E-state index is -4.76. The van der Waals surface area contributed by atoms with Crippen LogP contribution in [0.2, 0.25) is 0 Å². The molecule has 12 N–H and O–H groups in total. The van der Waals surface area contributed by atoms with Gasteiger partial charge in [0.05, 0.1) is 125 Å². The first kappa shape index (κ1) is 92.2. The number of hydrogen-bond donors (Lipinski definition) is 10. The third-order valence-electron chi connectivity index (χ3n) is 22.4. The Morgan fingerprint density at radius 3 is 1.08 bits per heavy atom. The van der Waals surface area contributed by atoms with Crippen LogP contribution in [0.1, 0.15) is 80.9 Å². The number of aromatic amines is 4. The number of halogens is 8. The molecule has 0 aliphatic heterocycles. The molecule has 0 saturated carbocycles. The Bertz CT molecular complexity index is 9070. The first-order chi connectivity index (χ1) is 65.4. The van der Waals surface area contributed by atoms with Crippen molar-refractivity contribution in [3.8, 4) is 34.6 Å². The van der Waals surface area contributed by atoms with Crippen molar-refractivity contribution < 1.29 is 70.7 Å². The summed E-state index contributed by atoms with van der Waals surface area (Å²) < 4.78 is 96.9. The van der Waals surface area contributed by atoms with Crippen LogP contribution in [0.25, 0.3) is 110 Å². The van der Waals surface area contributed by atoms with Crippen molar-refractivity contribution in [3.63, 3.8) is 0 Å². The number of aromatic nitrogens is 12. The second kappa shape index (κ2) is 36.4. The van der Waals surface area contributed by atoms with Crippen LogP contribution in [0.5, 0.6) is 5.75 Å². The minimum absolute atomic E-state index is 0.0136. The Kier molecular flexibility index (Phi) is 24.5. The number of thiophene rings is 3. The molecule has 0 bridgehead atoms. The summed E-state index contributed by atoms with van der Waals surface area (Å²) in [7, 11) is 1.43. The number of H-pyrrole nitrogens is 4. The van der Waals surface area contributed by atoms with E-state index in [0.29, 0.717) is 90.6 Å². The Morgan fingerprint density at radius 1 is 0.380 bits per heavy atom. The van der Waals surface area contributed by atoms with E-state index in [1.807, 2.05) is 18.2 Å². The number of carbonyl (C=O) groups is 4. The molecule has 11 heterocycles. The number of aromatic carboxylic acids is 4. The second-order valence-corrected chi connectivity index (χ2v) is 34.7. The van der Waals surface area contributed by atoms with E-state index >= 15 is 0 Å². The standard InChI is InChI=1S/C24H17BrN4O4.C24H13F3N4O4S.C24H16F3N3O5S.C22H15BrN4O4S/c25-14-8-9-19-17(11-14)20(29-22(30)16-6-1-2-7-18(16)27-24(29)33)21(23(31)32)28(19)12-13-4-3-5-15(26)10-13;25-24(26,27)14-5-6-18-15(7-14)19(31-21(32)16-10-36-11-17(16)29-23(31)35)20(22(33)34)30(18)9-13-4-2-1-3-12(13)8-28;1-35-18-5-3-2-4-12(18)9-29-17-7-6-13(24(25,26)27)8-14(17)19(20(29)22(32)33)30-21(31)15-10-36-11-16(15)28-23(30)34;23-12-4-5-17-14(7-12)18(27-20(28)15-9-32-10-16(15)25-22(27)31)19(21(29)30)26(17)8-11-2-1-3-13(24)6-11/h1-11H,12,26H2,(H,27,33)(H,31,32);1-7,10-11H,9H2,(H,29,35)(H,33,34);2-8,10-11H,9H2,1H3,(H,28,34)(H,32,33);1-7,9-10H,8,24H2,(H,25,31)(H,29,30). The number of nitrogens with one attached hydrogen (secondary N) is 4. The third-order valence-corrected chi connectivity index (χ3v) is 25.6. The van der Waals surface area contributed by atoms with E-state index in [-0.39, 0.29) is 104 Å². The molecule has 0 atom stereocenters. The topological polar surface area (TPSA) is 473 Å². The number of nitrogens with zero attached hydrogens (tertiary/aromatic N) is 9. The molecule has 0 spiro atoms. The lowest BCUT2D eigenvalue weighted by atomic mass is 10.1. The lowest BCUT2D eigenvalue weighted by Gasteiger charge is -2.13. The van der Waals surface area contributed by atoms with Gasteiger partial charge in [-0.3, -0.25) is 19.2 Å². The van der Waals surface area contributed by atoms with Gasteiger partial charge in [0.25, 0.3) is 22.2 Å². The summed E-state index contributed by atoms with van der Waals surface area (Å²) in [5.74, 6) is -5.19. The van der Waals surface area contributed by atoms with Gasteiger partial charge in [-0.2, -0.15) is 31.6 Å². The number of benzene rings is 9. The Labute approximate surface area is 787 Å². The Hall–Kier alpha value is -16.7. The molecule has 43 heteroatoms. The number of nitriles is 1. The van der Waals surface area contributed by atoms with E-state index in [1.54, 1.807) is 159 Å². The van der Waals surface area contributed by atoms with Gasteiger partial charge in [0.1, 0.15) is 5.75 Å². The van der Waals surface area contributed by atoms with Crippen molar-refractivity contribution in [2.24, 2.45) is 0 Å². The van der Waals surface area contributed by atoms with Gasteiger partial charge in [0.15, 0.2) is 22.8 Å². The van der Waals surface area contributed by atoms with Gasteiger partial charge in [-0.05, 0) is 138 Å². The molecule has 0 radical (unpaired) electrons. The first-order valence-electron chi connectivity index (χ1n) is 40.1. The van der Waals surface area contributed by atoms with Crippen molar-refractivity contribution in [2.75, 3.05) is 18.6 Å². The first-order valence-corrected chi connectivity index (χ1v) is 44.6. The lowest BCUT2D eigenvalue weighted by molar-refractivity contribution is -0.138. The smallest absolute Gasteiger partial charge is 0.416 e. The number of hydrogen-bond acceptors (Lipinski definition) is 19. The number of anilines is 2. The van der Waals surface area contributed by atoms with Crippen molar-refractivity contribution >= 4 is 188 Å². The van der Waals surface area contributed by atoms with Crippen molar-refractivity contribution in [2.45, 2.75) is 38.5 Å². The Morgan fingerprint density at radius 2 is 0.708 bits per heavy atom. The molecule has 9 aromatic carbocycles. The maximum Gasteiger partial charge on any atom is 0.416 e. The highest BCUT2D eigenvalue weighted by Gasteiger charge is 2.38. The highest BCUT2D eigenvalue weighted by molar-refractivity contribution is 9.10. The van der Waals surface area contributed by atoms with Crippen LogP contribution in [0.4, 0.5) is 37.7 Å². The number of carboxylic acids is 4. The zero-order chi connectivity index (χ0) is 97.4. The molecule has 20 rings (SSSR count). The fourth-order valence-electron chi connectivity index (χ4n) is 16.6. The highest BCUT2D eigenvalue weighted by Crippen LogP contribution is 2.41. The van der Waals surface area contributed by atoms with E-state index in [4.69, 9.17) is 16.2 Å². The number of para-hydroxylation sites is 2. The summed E-state index contributed by atoms with van der Waals surface area (Å²) in [6.07, 6.45) is -9.51. The van der Waals surface area contributed by atoms with E-state index in [9.17, 15) is 110 Å². The van der Waals surface area contributed by atoms with Gasteiger partial charge in [0.2, 0.25) is 0 Å². The molecule has 0 aliphatic carbocycles. The molecule has 11 aromatic heterocycles. The van der Waals surface area contributed by atoms with Crippen LogP contribution in [0.3, 0.4) is 0 Å². The molecular formula is C94H61Br2F6N15O17S3. The second-order valence-electron chi connectivity index (χ2n) is 30.6. The predicted molar refractivity (Wildman–Crippen MR) is 512 cm³/mol. The van der Waals surface area contributed by atoms with E-state index in [2.05, 4.69) is 51.8 Å². The van der Waals surface area contributed by atoms with E-state index in [1.165, 1.54) is 55.2 Å². The number of alkyl halides is 6. The summed E-state index contributed by atoms with van der Waals surface area (Å²) in [6.45, 7) is 0.0602. The number of fused-ring (bicyclic) bond motifs is 8. The number of nitrogen functional groups attached to an aromatic ring is 2. The average molecular weight is 2040 g/mol. The average Bonchev–Trinajstić information content (AvgIpc) is 1.80. The normalized spacial score (nSPS) is 11.6. The quantitative estimate of drug-likeness (QED) is 0.0299. The zero-order valence-electron chi connectivity index (χ0n) is 69.8. The SMILES string of the molecule is COc1ccccc1Cn1c(C(=O)O)c(-n2c(=O)[nH]c3cscc3c2=O)c2cc(C(F)(F)F)ccc21.N#Cc1ccccc1Cn1c(C(=O)O)c(-n2c(=O)[nH]c3cscc3c2=O)c2cc(C(F)(F)F)ccc21.Nc1cccc(Cn2c(C(=O)O)c(-n3c(=O)[nH]c4ccccc4c3=O)c3cc(Br)ccc32)c1.Nc1cccc(Cn2c(C(=O)O)c(-n3c(=O)[nH]c4cscc4c3=O)c3cc(Br)ccc32)c1. The Balaban J connectivity index is 0.000000127. The number of rotatable bonds is 17. The fourth-order valence-corrected chi connectivity index (χ4v) is 19.6. The molecule has 32 nitrogen and oxygen atoms in total. The molecular weight excluding hydrogens is 1980 g/mol. The van der Waals surface area contributed by atoms with E-state index in [0.717, 1.165) is 73.3 Å². The van der Waals surface area contributed by atoms with Crippen LogP contribution in [-0.2, 0) is 38.5 Å². The number of methoxy groups -OCH3 is 1. The van der Waals surface area contributed by atoms with Crippen molar-refractivity contribution in [3.05, 3.63) is 380 Å². The van der Waals surface area contributed by atoms with Gasteiger partial charge in [-0.1, -0.05) is 105 Å². The van der Waals surface area contributed by atoms with Crippen LogP contribution in [-0.4, -0.2) is 108 Å².